The Morgan fingerprint density at radius 1 is 1.07 bits per heavy atom. The number of methoxy groups -OCH3 is 1. The fraction of sp³-hybridized carbons (Fsp3) is 0.300. The summed E-state index contributed by atoms with van der Waals surface area (Å²) < 4.78 is 37.8. The molecule has 2 aromatic rings. The number of anilines is 1. The van der Waals surface area contributed by atoms with Gasteiger partial charge in [0.2, 0.25) is 10.0 Å². The Labute approximate surface area is 184 Å². The van der Waals surface area contributed by atoms with Crippen molar-refractivity contribution in [2.45, 2.75) is 37.8 Å². The van der Waals surface area contributed by atoms with E-state index in [9.17, 15) is 18.0 Å². The first-order valence-electron chi connectivity index (χ1n) is 9.01. The Hall–Kier alpha value is -2.43. The van der Waals surface area contributed by atoms with Gasteiger partial charge in [-0.2, -0.15) is 0 Å². The Kier molecular flexibility index (Phi) is 7.99. The van der Waals surface area contributed by atoms with Crippen LogP contribution in [0.5, 0.6) is 5.75 Å². The monoisotopic (exact) mass is 498 g/mol. The van der Waals surface area contributed by atoms with Gasteiger partial charge in [-0.25, -0.2) is 17.9 Å². The molecule has 0 heterocycles. The van der Waals surface area contributed by atoms with Crippen LogP contribution in [0.25, 0.3) is 0 Å². The molecule has 0 aliphatic heterocycles. The topological polar surface area (TPSA) is 111 Å². The van der Waals surface area contributed by atoms with Gasteiger partial charge in [0.05, 0.1) is 17.6 Å². The molecule has 0 saturated carbocycles. The molecule has 0 spiro atoms. The number of hydrogen-bond donors (Lipinski definition) is 2. The van der Waals surface area contributed by atoms with Crippen molar-refractivity contribution in [3.05, 3.63) is 52.5 Å². The predicted octanol–water partition coefficient (Wildman–Crippen LogP) is 3.33. The maximum absolute atomic E-state index is 12.6. The minimum absolute atomic E-state index is 0.0114. The molecule has 0 aromatic heterocycles. The van der Waals surface area contributed by atoms with Crippen LogP contribution < -0.4 is 14.8 Å². The first kappa shape index (κ1) is 23.8. The number of carbonyl (C=O) groups excluding carboxylic acids is 2. The second kappa shape index (κ2) is 10.1. The second-order valence-corrected chi connectivity index (χ2v) is 9.25. The second-order valence-electron chi connectivity index (χ2n) is 6.69. The van der Waals surface area contributed by atoms with Gasteiger partial charge in [-0.1, -0.05) is 6.07 Å². The number of ether oxygens (including phenoxy) is 2. The number of halogens is 1. The van der Waals surface area contributed by atoms with Crippen molar-refractivity contribution >= 4 is 43.5 Å². The van der Waals surface area contributed by atoms with Gasteiger partial charge in [0, 0.05) is 22.3 Å². The van der Waals surface area contributed by atoms with Crippen LogP contribution in [0.4, 0.5) is 5.69 Å². The van der Waals surface area contributed by atoms with Gasteiger partial charge in [0.1, 0.15) is 5.75 Å². The number of carbonyl (C=O) groups is 2. The quantitative estimate of drug-likeness (QED) is 0.540. The zero-order valence-electron chi connectivity index (χ0n) is 16.9. The van der Waals surface area contributed by atoms with Gasteiger partial charge in [0.15, 0.2) is 6.10 Å². The molecule has 0 saturated heterocycles. The average molecular weight is 499 g/mol. The molecule has 8 nitrogen and oxygen atoms in total. The van der Waals surface area contributed by atoms with E-state index in [4.69, 9.17) is 9.47 Å². The summed E-state index contributed by atoms with van der Waals surface area (Å²) in [5.41, 5.74) is 0.471. The fourth-order valence-electron chi connectivity index (χ4n) is 2.43. The third-order valence-corrected chi connectivity index (χ3v) is 6.20. The maximum Gasteiger partial charge on any atom is 0.340 e. The highest BCUT2D eigenvalue weighted by Gasteiger charge is 2.23. The maximum atomic E-state index is 12.6. The van der Waals surface area contributed by atoms with Crippen LogP contribution in [-0.2, 0) is 19.6 Å². The Bertz CT molecular complexity index is 1040. The van der Waals surface area contributed by atoms with E-state index in [1.165, 1.54) is 32.2 Å². The molecule has 0 aliphatic carbocycles. The largest absolute Gasteiger partial charge is 0.497 e. The lowest BCUT2D eigenvalue weighted by Crippen LogP contribution is -2.31. The molecule has 2 aromatic carbocycles. The molecule has 30 heavy (non-hydrogen) atoms. The van der Waals surface area contributed by atoms with Crippen molar-refractivity contribution in [2.24, 2.45) is 0 Å². The van der Waals surface area contributed by atoms with Gasteiger partial charge >= 0.3 is 5.97 Å². The number of esters is 1. The Balaban J connectivity index is 2.14. The van der Waals surface area contributed by atoms with E-state index < -0.39 is 28.0 Å². The van der Waals surface area contributed by atoms with Crippen LogP contribution in [0, 0.1) is 0 Å². The van der Waals surface area contributed by atoms with Crippen LogP contribution in [-0.4, -0.2) is 39.5 Å². The molecular formula is C20H23BrN2O6S. The van der Waals surface area contributed by atoms with Gasteiger partial charge in [0.25, 0.3) is 5.91 Å². The highest BCUT2D eigenvalue weighted by atomic mass is 79.9. The average Bonchev–Trinajstić information content (AvgIpc) is 2.67. The van der Waals surface area contributed by atoms with Crippen LogP contribution >= 0.6 is 15.9 Å². The van der Waals surface area contributed by atoms with Crippen molar-refractivity contribution < 1.29 is 27.5 Å². The van der Waals surface area contributed by atoms with Crippen LogP contribution in [0.3, 0.4) is 0 Å². The van der Waals surface area contributed by atoms with Gasteiger partial charge in [-0.15, -0.1) is 0 Å². The third-order valence-electron chi connectivity index (χ3n) is 3.85. The molecule has 1 amide bonds. The number of amides is 1. The van der Waals surface area contributed by atoms with Crippen molar-refractivity contribution in [3.8, 4) is 5.75 Å². The van der Waals surface area contributed by atoms with E-state index in [1.807, 2.05) is 0 Å². The lowest BCUT2D eigenvalue weighted by Gasteiger charge is -2.15. The number of sulfonamides is 1. The zero-order chi connectivity index (χ0) is 22.5. The minimum Gasteiger partial charge on any atom is -0.497 e. The predicted molar refractivity (Wildman–Crippen MR) is 116 cm³/mol. The number of nitrogens with one attached hydrogen (secondary N) is 2. The summed E-state index contributed by atoms with van der Waals surface area (Å²) in [4.78, 5) is 24.8. The van der Waals surface area contributed by atoms with E-state index in [0.29, 0.717) is 15.9 Å². The molecule has 2 N–H and O–H groups in total. The summed E-state index contributed by atoms with van der Waals surface area (Å²) >= 11 is 3.21. The van der Waals surface area contributed by atoms with Gasteiger partial charge in [-0.3, -0.25) is 4.79 Å². The summed E-state index contributed by atoms with van der Waals surface area (Å²) in [6, 6.07) is 10.4. The molecule has 1 atom stereocenters. The van der Waals surface area contributed by atoms with Gasteiger partial charge in [-0.05, 0) is 67.0 Å². The van der Waals surface area contributed by atoms with E-state index in [1.54, 1.807) is 38.1 Å². The summed E-state index contributed by atoms with van der Waals surface area (Å²) in [5.74, 6) is -0.816. The highest BCUT2D eigenvalue weighted by molar-refractivity contribution is 9.10. The first-order chi connectivity index (χ1) is 14.0. The van der Waals surface area contributed by atoms with E-state index in [0.717, 1.165) is 0 Å². The van der Waals surface area contributed by atoms with Crippen molar-refractivity contribution in [2.75, 3.05) is 12.4 Å². The summed E-state index contributed by atoms with van der Waals surface area (Å²) in [6.07, 6.45) is -1.12. The van der Waals surface area contributed by atoms with Crippen molar-refractivity contribution in [3.63, 3.8) is 0 Å². The number of benzene rings is 2. The highest BCUT2D eigenvalue weighted by Crippen LogP contribution is 2.23. The summed E-state index contributed by atoms with van der Waals surface area (Å²) in [6.45, 7) is 4.80. The SMILES string of the molecule is COc1cccc(NC(=O)[C@@H](C)OC(=O)c2cc(S(=O)(=O)NC(C)C)ccc2Br)c1. The smallest absolute Gasteiger partial charge is 0.340 e. The third kappa shape index (κ3) is 6.28. The molecule has 2 rings (SSSR count). The normalized spacial score (nSPS) is 12.3. The molecule has 0 aliphatic rings. The van der Waals surface area contributed by atoms with E-state index in [2.05, 4.69) is 26.0 Å². The van der Waals surface area contributed by atoms with Crippen LogP contribution in [0.1, 0.15) is 31.1 Å². The molecule has 0 fully saturated rings. The molecular weight excluding hydrogens is 476 g/mol. The lowest BCUT2D eigenvalue weighted by molar-refractivity contribution is -0.123. The zero-order valence-corrected chi connectivity index (χ0v) is 19.3. The molecule has 10 heteroatoms. The van der Waals surface area contributed by atoms with E-state index >= 15 is 0 Å². The molecule has 0 bridgehead atoms. The van der Waals surface area contributed by atoms with Crippen LogP contribution in [0.15, 0.2) is 51.8 Å². The summed E-state index contributed by atoms with van der Waals surface area (Å²) in [5, 5.41) is 2.63. The van der Waals surface area contributed by atoms with Crippen molar-refractivity contribution in [1.29, 1.82) is 0 Å². The molecule has 162 valence electrons. The molecule has 0 radical (unpaired) electrons. The Morgan fingerprint density at radius 2 is 1.77 bits per heavy atom. The fourth-order valence-corrected chi connectivity index (χ4v) is 4.11. The first-order valence-corrected chi connectivity index (χ1v) is 11.3. The Morgan fingerprint density at radius 3 is 2.40 bits per heavy atom. The molecule has 0 unspecified atom stereocenters. The standard InChI is InChI=1S/C20H23BrN2O6S/c1-12(2)23-30(26,27)16-8-9-18(21)17(11-16)20(25)29-13(3)19(24)22-14-6-5-7-15(10-14)28-4/h5-13,23H,1-4H3,(H,22,24)/t13-/m1/s1. The lowest BCUT2D eigenvalue weighted by atomic mass is 10.2. The minimum atomic E-state index is -3.79. The summed E-state index contributed by atoms with van der Waals surface area (Å²) in [7, 11) is -2.29. The number of rotatable bonds is 8. The number of hydrogen-bond acceptors (Lipinski definition) is 6. The van der Waals surface area contributed by atoms with Gasteiger partial charge < -0.3 is 14.8 Å². The van der Waals surface area contributed by atoms with E-state index in [-0.39, 0.29) is 16.5 Å². The van der Waals surface area contributed by atoms with Crippen LogP contribution in [0.2, 0.25) is 0 Å². The van der Waals surface area contributed by atoms with Crippen molar-refractivity contribution in [1.82, 2.24) is 4.72 Å².